The van der Waals surface area contributed by atoms with Crippen molar-refractivity contribution in [3.63, 3.8) is 0 Å². The van der Waals surface area contributed by atoms with Crippen LogP contribution in [0.15, 0.2) is 60.7 Å². The van der Waals surface area contributed by atoms with Gasteiger partial charge in [0.2, 0.25) is 0 Å². The van der Waals surface area contributed by atoms with Gasteiger partial charge in [-0.3, -0.25) is 4.55 Å². The first kappa shape index (κ1) is 25.5. The van der Waals surface area contributed by atoms with Gasteiger partial charge in [-0.05, 0) is 5.56 Å². The predicted octanol–water partition coefficient (Wildman–Crippen LogP) is 1.23. The first-order chi connectivity index (χ1) is 16.3. The van der Waals surface area contributed by atoms with Gasteiger partial charge in [-0.1, -0.05) is 60.7 Å². The third kappa shape index (κ3) is 6.56. The van der Waals surface area contributed by atoms with Gasteiger partial charge in [0.15, 0.2) is 11.5 Å². The Morgan fingerprint density at radius 3 is 2.38 bits per heavy atom. The minimum atomic E-state index is -4.73. The van der Waals surface area contributed by atoms with Gasteiger partial charge in [0, 0.05) is 16.5 Å². The lowest BCUT2D eigenvalue weighted by atomic mass is 10.1. The van der Waals surface area contributed by atoms with E-state index in [9.17, 15) is 23.2 Å². The van der Waals surface area contributed by atoms with Gasteiger partial charge < -0.3 is 24.4 Å². The monoisotopic (exact) mass is 513 g/mol. The zero-order valence-electron chi connectivity index (χ0n) is 18.4. The van der Waals surface area contributed by atoms with Gasteiger partial charge >= 0.3 is 10.4 Å². The normalized spacial score (nSPS) is 32.0. The molecular formula is C23H29O9S2+. The first-order valence-electron chi connectivity index (χ1n) is 10.9. The SMILES string of the molecule is O=S(=O)(O)O[C@H]1CO[C@@H](c2ccccc2)O[C@@H]1C[S+]1C[C@@H](O)[C@H](OCc2ccccc2)[C@H]1CO. The van der Waals surface area contributed by atoms with E-state index in [1.165, 1.54) is 0 Å². The summed E-state index contributed by atoms with van der Waals surface area (Å²) in [4.78, 5) is 0. The number of aliphatic hydroxyl groups is 2. The molecule has 0 bridgehead atoms. The average Bonchev–Trinajstić information content (AvgIpc) is 3.12. The van der Waals surface area contributed by atoms with Crippen LogP contribution in [0.2, 0.25) is 0 Å². The standard InChI is InChI=1S/C23H28O9S2/c24-11-21-22(29-12-16-7-3-1-4-8-16)18(25)14-33(21)15-20-19(32-34(26,27)28)13-30-23(31-20)17-9-5-2-6-10-17/h1-10,18-25H,11-15H2/p+1/t18-,19+,20-,21-,22+,23-,33?/m1/s1. The lowest BCUT2D eigenvalue weighted by Crippen LogP contribution is -2.48. The molecule has 2 aliphatic rings. The quantitative estimate of drug-likeness (QED) is 0.335. The molecule has 2 aromatic rings. The van der Waals surface area contributed by atoms with Gasteiger partial charge in [0.1, 0.15) is 35.9 Å². The van der Waals surface area contributed by atoms with Gasteiger partial charge in [0.05, 0.1) is 19.8 Å². The smallest absolute Gasteiger partial charge is 0.391 e. The molecule has 4 rings (SSSR count). The van der Waals surface area contributed by atoms with E-state index in [1.54, 1.807) is 0 Å². The minimum Gasteiger partial charge on any atom is -0.391 e. The Morgan fingerprint density at radius 2 is 1.74 bits per heavy atom. The summed E-state index contributed by atoms with van der Waals surface area (Å²) < 4.78 is 54.6. The highest BCUT2D eigenvalue weighted by molar-refractivity contribution is 7.97. The topological polar surface area (TPSA) is 132 Å². The van der Waals surface area contributed by atoms with Crippen LogP contribution < -0.4 is 0 Å². The van der Waals surface area contributed by atoms with Crippen molar-refractivity contribution in [3.8, 4) is 0 Å². The van der Waals surface area contributed by atoms with Crippen LogP contribution in [-0.4, -0.2) is 77.6 Å². The highest BCUT2D eigenvalue weighted by Gasteiger charge is 2.53. The number of hydrogen-bond acceptors (Lipinski definition) is 8. The van der Waals surface area contributed by atoms with Crippen molar-refractivity contribution in [1.82, 2.24) is 0 Å². The Labute approximate surface area is 201 Å². The van der Waals surface area contributed by atoms with E-state index < -0.39 is 52.0 Å². The Kier molecular flexibility index (Phi) is 8.61. The zero-order chi connectivity index (χ0) is 24.1. The fourth-order valence-electron chi connectivity index (χ4n) is 4.22. The van der Waals surface area contributed by atoms with E-state index in [2.05, 4.69) is 0 Å². The largest absolute Gasteiger partial charge is 0.397 e. The van der Waals surface area contributed by atoms with E-state index in [0.717, 1.165) is 11.1 Å². The molecule has 0 aliphatic carbocycles. The highest BCUT2D eigenvalue weighted by Crippen LogP contribution is 2.33. The van der Waals surface area contributed by atoms with E-state index in [1.807, 2.05) is 60.7 Å². The maximum Gasteiger partial charge on any atom is 0.397 e. The summed E-state index contributed by atoms with van der Waals surface area (Å²) >= 11 is 0. The van der Waals surface area contributed by atoms with Crippen LogP contribution in [0.5, 0.6) is 0 Å². The number of rotatable bonds is 9. The molecule has 34 heavy (non-hydrogen) atoms. The molecule has 1 unspecified atom stereocenters. The highest BCUT2D eigenvalue weighted by atomic mass is 32.3. The van der Waals surface area contributed by atoms with Crippen LogP contribution in [0.4, 0.5) is 0 Å². The number of ether oxygens (including phenoxy) is 3. The summed E-state index contributed by atoms with van der Waals surface area (Å²) in [6, 6.07) is 18.7. The summed E-state index contributed by atoms with van der Waals surface area (Å²) in [5.74, 6) is 0.681. The maximum absolute atomic E-state index is 11.4. The molecule has 0 amide bonds. The summed E-state index contributed by atoms with van der Waals surface area (Å²) in [6.45, 7) is -0.00904. The second kappa shape index (κ2) is 11.5. The third-order valence-corrected chi connectivity index (χ3v) is 9.13. The molecular weight excluding hydrogens is 484 g/mol. The molecule has 9 nitrogen and oxygen atoms in total. The summed E-state index contributed by atoms with van der Waals surface area (Å²) in [5, 5.41) is 20.5. The van der Waals surface area contributed by atoms with E-state index in [4.69, 9.17) is 18.4 Å². The van der Waals surface area contributed by atoms with Crippen molar-refractivity contribution in [3.05, 3.63) is 71.8 Å². The molecule has 186 valence electrons. The number of benzene rings is 2. The Hall–Kier alpha value is -1.54. The Morgan fingerprint density at radius 1 is 1.06 bits per heavy atom. The van der Waals surface area contributed by atoms with Crippen molar-refractivity contribution < 1.29 is 41.6 Å². The molecule has 2 aliphatic heterocycles. The van der Waals surface area contributed by atoms with Crippen LogP contribution in [-0.2, 0) is 46.3 Å². The zero-order valence-corrected chi connectivity index (χ0v) is 20.0. The molecule has 2 aromatic carbocycles. The van der Waals surface area contributed by atoms with Crippen molar-refractivity contribution in [1.29, 1.82) is 0 Å². The van der Waals surface area contributed by atoms with Crippen molar-refractivity contribution in [2.75, 3.05) is 24.7 Å². The van der Waals surface area contributed by atoms with Crippen LogP contribution in [0.25, 0.3) is 0 Å². The first-order valence-corrected chi connectivity index (χ1v) is 13.9. The Balaban J connectivity index is 1.47. The maximum atomic E-state index is 11.4. The van der Waals surface area contributed by atoms with Crippen LogP contribution >= 0.6 is 0 Å². The number of aliphatic hydroxyl groups excluding tert-OH is 2. The van der Waals surface area contributed by atoms with E-state index >= 15 is 0 Å². The van der Waals surface area contributed by atoms with E-state index in [0.29, 0.717) is 18.1 Å². The molecule has 0 saturated carbocycles. The molecule has 0 radical (unpaired) electrons. The van der Waals surface area contributed by atoms with Gasteiger partial charge in [-0.15, -0.1) is 0 Å². The van der Waals surface area contributed by atoms with Gasteiger partial charge in [0.25, 0.3) is 0 Å². The molecule has 2 saturated heterocycles. The predicted molar refractivity (Wildman–Crippen MR) is 125 cm³/mol. The van der Waals surface area contributed by atoms with Crippen LogP contribution in [0.3, 0.4) is 0 Å². The molecule has 7 atom stereocenters. The summed E-state index contributed by atoms with van der Waals surface area (Å²) in [7, 11) is -5.30. The van der Waals surface area contributed by atoms with Crippen molar-refractivity contribution >= 4 is 21.3 Å². The fourth-order valence-corrected chi connectivity index (χ4v) is 7.54. The van der Waals surface area contributed by atoms with Crippen molar-refractivity contribution in [2.45, 2.75) is 42.6 Å². The minimum absolute atomic E-state index is 0.110. The van der Waals surface area contributed by atoms with Crippen LogP contribution in [0, 0.1) is 0 Å². The molecule has 3 N–H and O–H groups in total. The van der Waals surface area contributed by atoms with Crippen molar-refractivity contribution in [2.24, 2.45) is 0 Å². The lowest BCUT2D eigenvalue weighted by Gasteiger charge is -2.35. The van der Waals surface area contributed by atoms with Gasteiger partial charge in [-0.25, -0.2) is 4.18 Å². The fraction of sp³-hybridized carbons (Fsp3) is 0.478. The summed E-state index contributed by atoms with van der Waals surface area (Å²) in [5.41, 5.74) is 1.72. The molecule has 0 spiro atoms. The lowest BCUT2D eigenvalue weighted by molar-refractivity contribution is -0.245. The molecule has 11 heteroatoms. The molecule has 2 heterocycles. The second-order valence-electron chi connectivity index (χ2n) is 8.23. The van der Waals surface area contributed by atoms with Gasteiger partial charge in [-0.2, -0.15) is 8.42 Å². The number of hydrogen-bond donors (Lipinski definition) is 3. The second-order valence-corrected chi connectivity index (χ2v) is 11.6. The Bertz CT molecular complexity index is 1010. The average molecular weight is 514 g/mol. The van der Waals surface area contributed by atoms with Crippen LogP contribution in [0.1, 0.15) is 17.4 Å². The molecule has 0 aromatic heterocycles. The van der Waals surface area contributed by atoms with E-state index in [-0.39, 0.29) is 18.5 Å². The third-order valence-electron chi connectivity index (χ3n) is 5.84. The molecule has 2 fully saturated rings. The summed E-state index contributed by atoms with van der Waals surface area (Å²) in [6.07, 6.45) is -3.91.